The van der Waals surface area contributed by atoms with Crippen LogP contribution in [0.4, 0.5) is 4.79 Å². The number of hydrogen-bond acceptors (Lipinski definition) is 5. The highest BCUT2D eigenvalue weighted by Gasteiger charge is 2.21. The van der Waals surface area contributed by atoms with Gasteiger partial charge in [-0.1, -0.05) is 42.4 Å². The Hall–Kier alpha value is -2.90. The topological polar surface area (TPSA) is 109 Å². The predicted molar refractivity (Wildman–Crippen MR) is 89.9 cm³/mol. The predicted octanol–water partition coefficient (Wildman–Crippen LogP) is 2.08. The third-order valence-electron chi connectivity index (χ3n) is 3.73. The van der Waals surface area contributed by atoms with Crippen molar-refractivity contribution in [2.75, 3.05) is 13.6 Å². The molecule has 0 radical (unpaired) electrons. The summed E-state index contributed by atoms with van der Waals surface area (Å²) in [5.41, 5.74) is 1.05. The Kier molecular flexibility index (Phi) is 6.10. The Labute approximate surface area is 145 Å². The van der Waals surface area contributed by atoms with E-state index in [0.29, 0.717) is 18.1 Å². The van der Waals surface area contributed by atoms with Gasteiger partial charge in [-0.15, -0.1) is 0 Å². The van der Waals surface area contributed by atoms with Crippen molar-refractivity contribution >= 4 is 12.0 Å². The molecule has 1 aromatic heterocycles. The van der Waals surface area contributed by atoms with E-state index in [1.54, 1.807) is 20.9 Å². The standard InChI is InChI=1S/C17H22N4O4/c1-11(16(22)23)10-21(3)17(24)18-12(2)15-19-14(25-20-15)9-13-7-5-4-6-8-13/h4-8,11-12H,9-10H2,1-3H3,(H,18,24)(H,22,23). The Morgan fingerprint density at radius 1 is 1.28 bits per heavy atom. The number of carboxylic acids is 1. The van der Waals surface area contributed by atoms with Gasteiger partial charge in [0.25, 0.3) is 0 Å². The van der Waals surface area contributed by atoms with Crippen molar-refractivity contribution < 1.29 is 19.2 Å². The summed E-state index contributed by atoms with van der Waals surface area (Å²) in [6, 6.07) is 8.88. The molecule has 0 spiro atoms. The molecule has 2 N–H and O–H groups in total. The van der Waals surface area contributed by atoms with Crippen molar-refractivity contribution in [3.05, 3.63) is 47.6 Å². The first-order chi connectivity index (χ1) is 11.9. The summed E-state index contributed by atoms with van der Waals surface area (Å²) in [5.74, 6) is -0.751. The number of benzene rings is 1. The van der Waals surface area contributed by atoms with Crippen molar-refractivity contribution in [1.29, 1.82) is 0 Å². The number of rotatable bonds is 7. The van der Waals surface area contributed by atoms with Gasteiger partial charge >= 0.3 is 12.0 Å². The van der Waals surface area contributed by atoms with Crippen molar-refractivity contribution in [3.63, 3.8) is 0 Å². The smallest absolute Gasteiger partial charge is 0.317 e. The summed E-state index contributed by atoms with van der Waals surface area (Å²) in [4.78, 5) is 28.6. The van der Waals surface area contributed by atoms with Crippen LogP contribution in [0.3, 0.4) is 0 Å². The fourth-order valence-corrected chi connectivity index (χ4v) is 2.22. The maximum atomic E-state index is 12.1. The van der Waals surface area contributed by atoms with Gasteiger partial charge in [-0.2, -0.15) is 4.98 Å². The molecule has 2 unspecified atom stereocenters. The lowest BCUT2D eigenvalue weighted by Crippen LogP contribution is -2.41. The van der Waals surface area contributed by atoms with E-state index in [4.69, 9.17) is 9.63 Å². The van der Waals surface area contributed by atoms with Gasteiger partial charge in [0.1, 0.15) is 0 Å². The minimum Gasteiger partial charge on any atom is -0.481 e. The molecule has 8 nitrogen and oxygen atoms in total. The maximum Gasteiger partial charge on any atom is 0.317 e. The average molecular weight is 346 g/mol. The first-order valence-corrected chi connectivity index (χ1v) is 7.97. The number of hydrogen-bond donors (Lipinski definition) is 2. The molecule has 0 saturated heterocycles. The Morgan fingerprint density at radius 2 is 1.96 bits per heavy atom. The van der Waals surface area contributed by atoms with Gasteiger partial charge < -0.3 is 19.8 Å². The zero-order chi connectivity index (χ0) is 18.4. The highest BCUT2D eigenvalue weighted by atomic mass is 16.5. The van der Waals surface area contributed by atoms with Crippen molar-refractivity contribution in [2.45, 2.75) is 26.3 Å². The second-order valence-electron chi connectivity index (χ2n) is 6.00. The normalized spacial score (nSPS) is 13.1. The van der Waals surface area contributed by atoms with Crippen molar-refractivity contribution in [3.8, 4) is 0 Å². The van der Waals surface area contributed by atoms with E-state index in [2.05, 4.69) is 15.5 Å². The van der Waals surface area contributed by atoms with Crippen molar-refractivity contribution in [1.82, 2.24) is 20.4 Å². The van der Waals surface area contributed by atoms with Gasteiger partial charge in [-0.3, -0.25) is 4.79 Å². The first-order valence-electron chi connectivity index (χ1n) is 7.97. The minimum atomic E-state index is -0.948. The molecule has 0 fully saturated rings. The average Bonchev–Trinajstić information content (AvgIpc) is 3.04. The molecule has 8 heteroatoms. The monoisotopic (exact) mass is 346 g/mol. The summed E-state index contributed by atoms with van der Waals surface area (Å²) in [6.45, 7) is 3.40. The van der Waals surface area contributed by atoms with Crippen LogP contribution in [0.15, 0.2) is 34.9 Å². The number of amides is 2. The molecule has 2 rings (SSSR count). The highest BCUT2D eigenvalue weighted by molar-refractivity contribution is 5.76. The molecule has 1 heterocycles. The summed E-state index contributed by atoms with van der Waals surface area (Å²) >= 11 is 0. The third-order valence-corrected chi connectivity index (χ3v) is 3.73. The van der Waals surface area contributed by atoms with E-state index >= 15 is 0 Å². The molecule has 134 valence electrons. The van der Waals surface area contributed by atoms with Gasteiger partial charge in [0.15, 0.2) is 5.82 Å². The van der Waals surface area contributed by atoms with E-state index in [-0.39, 0.29) is 6.54 Å². The van der Waals surface area contributed by atoms with E-state index in [1.165, 1.54) is 4.90 Å². The van der Waals surface area contributed by atoms with Gasteiger partial charge in [0, 0.05) is 13.6 Å². The van der Waals surface area contributed by atoms with Gasteiger partial charge in [-0.05, 0) is 12.5 Å². The largest absolute Gasteiger partial charge is 0.481 e. The van der Waals surface area contributed by atoms with Gasteiger partial charge in [0.2, 0.25) is 5.89 Å². The highest BCUT2D eigenvalue weighted by Crippen LogP contribution is 2.12. The fraction of sp³-hybridized carbons (Fsp3) is 0.412. The molecule has 2 amide bonds. The van der Waals surface area contributed by atoms with Crippen LogP contribution < -0.4 is 5.32 Å². The van der Waals surface area contributed by atoms with Crippen LogP contribution in [-0.2, 0) is 11.2 Å². The van der Waals surface area contributed by atoms with Crippen molar-refractivity contribution in [2.24, 2.45) is 5.92 Å². The van der Waals surface area contributed by atoms with E-state index in [1.807, 2.05) is 30.3 Å². The van der Waals surface area contributed by atoms with E-state index in [0.717, 1.165) is 5.56 Å². The molecule has 25 heavy (non-hydrogen) atoms. The van der Waals surface area contributed by atoms with Crippen LogP contribution in [0, 0.1) is 5.92 Å². The number of carboxylic acid groups (broad SMARTS) is 1. The SMILES string of the molecule is CC(CN(C)C(=O)NC(C)c1noc(Cc2ccccc2)n1)C(=O)O. The zero-order valence-corrected chi connectivity index (χ0v) is 14.5. The molecule has 2 atom stereocenters. The third kappa shape index (κ3) is 5.30. The number of nitrogens with one attached hydrogen (secondary N) is 1. The molecule has 0 aliphatic heterocycles. The Balaban J connectivity index is 1.91. The second-order valence-corrected chi connectivity index (χ2v) is 6.00. The lowest BCUT2D eigenvalue weighted by Gasteiger charge is -2.21. The molecule has 0 aliphatic carbocycles. The van der Waals surface area contributed by atoms with Gasteiger partial charge in [0.05, 0.1) is 18.4 Å². The van der Waals surface area contributed by atoms with Crippen LogP contribution in [-0.4, -0.2) is 45.7 Å². The number of urea groups is 1. The summed E-state index contributed by atoms with van der Waals surface area (Å²) in [7, 11) is 1.54. The molecule has 0 bridgehead atoms. The van der Waals surface area contributed by atoms with Crippen LogP contribution in [0.5, 0.6) is 0 Å². The van der Waals surface area contributed by atoms with Crippen LogP contribution in [0.2, 0.25) is 0 Å². The van der Waals surface area contributed by atoms with Gasteiger partial charge in [-0.25, -0.2) is 4.79 Å². The minimum absolute atomic E-state index is 0.111. The fourth-order valence-electron chi connectivity index (χ4n) is 2.22. The van der Waals surface area contributed by atoms with Crippen LogP contribution in [0.25, 0.3) is 0 Å². The summed E-state index contributed by atoms with van der Waals surface area (Å²) in [6.07, 6.45) is 0.518. The molecule has 0 aliphatic rings. The lowest BCUT2D eigenvalue weighted by atomic mass is 10.1. The van der Waals surface area contributed by atoms with Crippen LogP contribution in [0.1, 0.15) is 37.2 Å². The Bertz CT molecular complexity index is 716. The number of nitrogens with zero attached hydrogens (tertiary/aromatic N) is 3. The molecule has 2 aromatic rings. The number of aliphatic carboxylic acids is 1. The first kappa shape index (κ1) is 18.4. The lowest BCUT2D eigenvalue weighted by molar-refractivity contribution is -0.141. The number of carbonyl (C=O) groups excluding carboxylic acids is 1. The quantitative estimate of drug-likeness (QED) is 0.794. The second kappa shape index (κ2) is 8.27. The summed E-state index contributed by atoms with van der Waals surface area (Å²) in [5, 5.41) is 15.5. The Morgan fingerprint density at radius 3 is 2.60 bits per heavy atom. The van der Waals surface area contributed by atoms with E-state index in [9.17, 15) is 9.59 Å². The molecule has 1 aromatic carbocycles. The molecular weight excluding hydrogens is 324 g/mol. The summed E-state index contributed by atoms with van der Waals surface area (Å²) < 4.78 is 5.22. The molecular formula is C17H22N4O4. The number of carbonyl (C=O) groups is 2. The maximum absolute atomic E-state index is 12.1. The van der Waals surface area contributed by atoms with Crippen LogP contribution >= 0.6 is 0 Å². The number of aromatic nitrogens is 2. The van der Waals surface area contributed by atoms with E-state index < -0.39 is 24.0 Å². The molecule has 0 saturated carbocycles. The zero-order valence-electron chi connectivity index (χ0n) is 14.5.